The van der Waals surface area contributed by atoms with Crippen molar-refractivity contribution < 1.29 is 14.3 Å². The van der Waals surface area contributed by atoms with Gasteiger partial charge in [0.15, 0.2) is 0 Å². The van der Waals surface area contributed by atoms with Crippen molar-refractivity contribution in [3.63, 3.8) is 0 Å². The Kier molecular flexibility index (Phi) is 4.49. The molecule has 0 N–H and O–H groups in total. The Balaban J connectivity index is 2.79. The smallest absolute Gasteiger partial charge is 0.318 e. The lowest BCUT2D eigenvalue weighted by molar-refractivity contribution is -0.149. The van der Waals surface area contributed by atoms with Gasteiger partial charge in [0, 0.05) is 7.05 Å². The van der Waals surface area contributed by atoms with Crippen LogP contribution in [0.3, 0.4) is 0 Å². The highest BCUT2D eigenvalue weighted by molar-refractivity contribution is 7.14. The van der Waals surface area contributed by atoms with Gasteiger partial charge < -0.3 is 9.64 Å². The zero-order valence-electron chi connectivity index (χ0n) is 9.60. The molecule has 16 heavy (non-hydrogen) atoms. The first kappa shape index (κ1) is 12.7. The molecule has 0 fully saturated rings. The third-order valence-corrected chi connectivity index (χ3v) is 3.30. The summed E-state index contributed by atoms with van der Waals surface area (Å²) >= 11 is 1.46. The molecule has 1 aromatic rings. The monoisotopic (exact) mass is 241 g/mol. The van der Waals surface area contributed by atoms with Gasteiger partial charge in [-0.15, -0.1) is 11.3 Å². The largest absolute Gasteiger partial charge is 0.468 e. The summed E-state index contributed by atoms with van der Waals surface area (Å²) in [5.74, 6) is -1.41. The first-order chi connectivity index (χ1) is 7.61. The van der Waals surface area contributed by atoms with Gasteiger partial charge in [-0.3, -0.25) is 9.59 Å². The molecule has 1 heterocycles. The number of thiophene rings is 1. The number of nitrogens with zero attached hydrogens (tertiary/aromatic N) is 1. The molecule has 0 bridgehead atoms. The van der Waals surface area contributed by atoms with Gasteiger partial charge in [0.25, 0.3) is 0 Å². The van der Waals surface area contributed by atoms with Crippen molar-refractivity contribution in [3.8, 4) is 0 Å². The first-order valence-electron chi connectivity index (χ1n) is 5.00. The topological polar surface area (TPSA) is 46.6 Å². The van der Waals surface area contributed by atoms with Crippen molar-refractivity contribution in [2.24, 2.45) is 5.92 Å². The van der Waals surface area contributed by atoms with E-state index in [1.54, 1.807) is 14.0 Å². The van der Waals surface area contributed by atoms with Crippen LogP contribution in [0.4, 0.5) is 5.00 Å². The Morgan fingerprint density at radius 2 is 2.25 bits per heavy atom. The third-order valence-electron chi connectivity index (χ3n) is 2.36. The standard InChI is InChI=1S/C11H15NO3S/c1-4-8(11(14)15-3)10(13)12(2)9-6-5-7-16-9/h5-8H,4H2,1-3H3. The molecule has 1 atom stereocenters. The summed E-state index contributed by atoms with van der Waals surface area (Å²) in [6.07, 6.45) is 0.446. The molecule has 1 aromatic heterocycles. The van der Waals surface area contributed by atoms with Crippen LogP contribution in [0.1, 0.15) is 13.3 Å². The van der Waals surface area contributed by atoms with Crippen LogP contribution in [0, 0.1) is 5.92 Å². The van der Waals surface area contributed by atoms with Crippen molar-refractivity contribution in [1.82, 2.24) is 0 Å². The zero-order chi connectivity index (χ0) is 12.1. The molecule has 1 amide bonds. The number of methoxy groups -OCH3 is 1. The van der Waals surface area contributed by atoms with Crippen LogP contribution in [0.25, 0.3) is 0 Å². The minimum absolute atomic E-state index is 0.225. The Labute approximate surface area is 98.8 Å². The lowest BCUT2D eigenvalue weighted by Gasteiger charge is -2.19. The predicted molar refractivity (Wildman–Crippen MR) is 63.5 cm³/mol. The van der Waals surface area contributed by atoms with E-state index >= 15 is 0 Å². The van der Waals surface area contributed by atoms with Gasteiger partial charge in [0.05, 0.1) is 12.1 Å². The van der Waals surface area contributed by atoms with Gasteiger partial charge in [-0.05, 0) is 23.9 Å². The maximum atomic E-state index is 12.0. The molecular formula is C11H15NO3S. The highest BCUT2D eigenvalue weighted by Gasteiger charge is 2.29. The van der Waals surface area contributed by atoms with Crippen LogP contribution < -0.4 is 4.90 Å². The lowest BCUT2D eigenvalue weighted by atomic mass is 10.1. The quantitative estimate of drug-likeness (QED) is 0.597. The fourth-order valence-corrected chi connectivity index (χ4v) is 2.09. The maximum Gasteiger partial charge on any atom is 0.318 e. The molecule has 0 aliphatic carbocycles. The van der Waals surface area contributed by atoms with Gasteiger partial charge in [0.1, 0.15) is 5.92 Å². The molecule has 0 aliphatic heterocycles. The van der Waals surface area contributed by atoms with E-state index in [1.807, 2.05) is 17.5 Å². The van der Waals surface area contributed by atoms with Crippen molar-refractivity contribution in [2.45, 2.75) is 13.3 Å². The second-order valence-electron chi connectivity index (χ2n) is 3.33. The number of carbonyl (C=O) groups is 2. The van der Waals surface area contributed by atoms with Gasteiger partial charge in [0.2, 0.25) is 5.91 Å². The Morgan fingerprint density at radius 3 is 2.69 bits per heavy atom. The first-order valence-corrected chi connectivity index (χ1v) is 5.88. The number of hydrogen-bond donors (Lipinski definition) is 0. The summed E-state index contributed by atoms with van der Waals surface area (Å²) in [5.41, 5.74) is 0. The average Bonchev–Trinajstić information content (AvgIpc) is 2.81. The van der Waals surface area contributed by atoms with E-state index in [-0.39, 0.29) is 5.91 Å². The summed E-state index contributed by atoms with van der Waals surface area (Å²) in [6, 6.07) is 3.70. The SMILES string of the molecule is CCC(C(=O)OC)C(=O)N(C)c1cccs1. The van der Waals surface area contributed by atoms with Crippen LogP contribution in [0.5, 0.6) is 0 Å². The number of carbonyl (C=O) groups excluding carboxylic acids is 2. The number of rotatable bonds is 4. The van der Waals surface area contributed by atoms with E-state index in [4.69, 9.17) is 0 Å². The molecule has 88 valence electrons. The molecule has 0 aliphatic rings. The fourth-order valence-electron chi connectivity index (χ4n) is 1.39. The summed E-state index contributed by atoms with van der Waals surface area (Å²) in [7, 11) is 2.96. The summed E-state index contributed by atoms with van der Waals surface area (Å²) in [5, 5.41) is 2.71. The van der Waals surface area contributed by atoms with Gasteiger partial charge in [-0.25, -0.2) is 0 Å². The molecule has 0 aromatic carbocycles. The summed E-state index contributed by atoms with van der Waals surface area (Å²) in [4.78, 5) is 24.9. The van der Waals surface area contributed by atoms with Crippen molar-refractivity contribution in [2.75, 3.05) is 19.1 Å². The van der Waals surface area contributed by atoms with Crippen LogP contribution in [0.2, 0.25) is 0 Å². The van der Waals surface area contributed by atoms with Crippen LogP contribution in [-0.2, 0) is 14.3 Å². The maximum absolute atomic E-state index is 12.0. The van der Waals surface area contributed by atoms with E-state index in [2.05, 4.69) is 4.74 Å². The van der Waals surface area contributed by atoms with E-state index in [9.17, 15) is 9.59 Å². The number of hydrogen-bond acceptors (Lipinski definition) is 4. The summed E-state index contributed by atoms with van der Waals surface area (Å²) < 4.78 is 4.61. The number of anilines is 1. The average molecular weight is 241 g/mol. The molecule has 0 spiro atoms. The van der Waals surface area contributed by atoms with E-state index in [0.717, 1.165) is 5.00 Å². The van der Waals surface area contributed by atoms with Crippen LogP contribution in [0.15, 0.2) is 17.5 Å². The molecule has 0 saturated carbocycles. The van der Waals surface area contributed by atoms with E-state index < -0.39 is 11.9 Å². The highest BCUT2D eigenvalue weighted by atomic mass is 32.1. The van der Waals surface area contributed by atoms with Crippen molar-refractivity contribution >= 4 is 28.2 Å². The van der Waals surface area contributed by atoms with E-state index in [1.165, 1.54) is 23.3 Å². The molecular weight excluding hydrogens is 226 g/mol. The van der Waals surface area contributed by atoms with Crippen LogP contribution in [-0.4, -0.2) is 26.0 Å². The number of amides is 1. The van der Waals surface area contributed by atoms with Crippen molar-refractivity contribution in [3.05, 3.63) is 17.5 Å². The molecule has 5 heteroatoms. The highest BCUT2D eigenvalue weighted by Crippen LogP contribution is 2.22. The molecule has 1 unspecified atom stereocenters. The molecule has 0 radical (unpaired) electrons. The second-order valence-corrected chi connectivity index (χ2v) is 4.26. The zero-order valence-corrected chi connectivity index (χ0v) is 10.4. The molecule has 1 rings (SSSR count). The minimum Gasteiger partial charge on any atom is -0.468 e. The lowest BCUT2D eigenvalue weighted by Crippen LogP contribution is -2.36. The van der Waals surface area contributed by atoms with Crippen LogP contribution >= 0.6 is 11.3 Å². The minimum atomic E-state index is -0.711. The van der Waals surface area contributed by atoms with Gasteiger partial charge in [-0.1, -0.05) is 6.92 Å². The van der Waals surface area contributed by atoms with Gasteiger partial charge in [-0.2, -0.15) is 0 Å². The fraction of sp³-hybridized carbons (Fsp3) is 0.455. The second kappa shape index (κ2) is 5.65. The number of esters is 1. The molecule has 0 saturated heterocycles. The van der Waals surface area contributed by atoms with E-state index in [0.29, 0.717) is 6.42 Å². The Bertz CT molecular complexity index is 361. The predicted octanol–water partition coefficient (Wildman–Crippen LogP) is 1.91. The Morgan fingerprint density at radius 1 is 1.56 bits per heavy atom. The van der Waals surface area contributed by atoms with Gasteiger partial charge >= 0.3 is 5.97 Å². The number of ether oxygens (including phenoxy) is 1. The molecule has 4 nitrogen and oxygen atoms in total. The van der Waals surface area contributed by atoms with Crippen molar-refractivity contribution in [1.29, 1.82) is 0 Å². The third kappa shape index (κ3) is 2.61. The normalized spacial score (nSPS) is 11.9. The summed E-state index contributed by atoms with van der Waals surface area (Å²) in [6.45, 7) is 1.79. The Hall–Kier alpha value is -1.36.